The minimum absolute atomic E-state index is 0.0849. The number of amides is 1. The number of aromatic hydroxyl groups is 1. The molecule has 1 aliphatic rings. The van der Waals surface area contributed by atoms with E-state index in [1.165, 1.54) is 5.01 Å². The molecule has 0 fully saturated rings. The van der Waals surface area contributed by atoms with E-state index in [2.05, 4.69) is 15.1 Å². The molecule has 1 aliphatic heterocycles. The van der Waals surface area contributed by atoms with E-state index < -0.39 is 11.9 Å². The second-order valence-electron chi connectivity index (χ2n) is 5.46. The Morgan fingerprint density at radius 1 is 1.32 bits per heavy atom. The topological polar surface area (TPSA) is 102 Å². The predicted octanol–water partition coefficient (Wildman–Crippen LogP) is 4.03. The molecular formula is C17H14ClN5O2. The SMILES string of the molecule is [N-]=[N+]=NCC(=O)N1N=C(c2ccc(Cl)cc2)CC1c1ccccc1O. The standard InChI is InChI=1S/C17H14ClN5O2/c18-12-7-5-11(6-8-12)14-9-15(13-3-1-2-4-16(13)24)23(21-14)17(25)10-20-22-19/h1-8,15,24H,9-10H2. The van der Waals surface area contributed by atoms with E-state index in [1.54, 1.807) is 36.4 Å². The first-order chi connectivity index (χ1) is 12.1. The molecule has 0 aliphatic carbocycles. The third-order valence-electron chi connectivity index (χ3n) is 3.91. The van der Waals surface area contributed by atoms with E-state index in [4.69, 9.17) is 17.1 Å². The minimum atomic E-state index is -0.465. The lowest BCUT2D eigenvalue weighted by molar-refractivity contribution is -0.131. The first kappa shape index (κ1) is 16.8. The Kier molecular flexibility index (Phi) is 4.88. The summed E-state index contributed by atoms with van der Waals surface area (Å²) in [5.74, 6) is -0.350. The molecule has 0 saturated carbocycles. The lowest BCUT2D eigenvalue weighted by Gasteiger charge is -2.22. The molecule has 25 heavy (non-hydrogen) atoms. The number of phenolic OH excluding ortho intramolecular Hbond substituents is 1. The van der Waals surface area contributed by atoms with Crippen molar-refractivity contribution in [3.63, 3.8) is 0 Å². The molecule has 0 aromatic heterocycles. The van der Waals surface area contributed by atoms with Crippen molar-refractivity contribution in [2.24, 2.45) is 10.2 Å². The number of hydrogen-bond acceptors (Lipinski definition) is 4. The Morgan fingerprint density at radius 3 is 2.72 bits per heavy atom. The van der Waals surface area contributed by atoms with Gasteiger partial charge >= 0.3 is 0 Å². The molecule has 1 unspecified atom stereocenters. The van der Waals surface area contributed by atoms with Crippen LogP contribution in [0.5, 0.6) is 5.75 Å². The average molecular weight is 356 g/mol. The number of hydrazone groups is 1. The van der Waals surface area contributed by atoms with Crippen molar-refractivity contribution >= 4 is 23.2 Å². The van der Waals surface area contributed by atoms with Gasteiger partial charge in [-0.1, -0.05) is 47.0 Å². The summed E-state index contributed by atoms with van der Waals surface area (Å²) in [5.41, 5.74) is 10.6. The van der Waals surface area contributed by atoms with Crippen LogP contribution in [0.1, 0.15) is 23.6 Å². The van der Waals surface area contributed by atoms with Gasteiger partial charge in [0.05, 0.1) is 11.8 Å². The van der Waals surface area contributed by atoms with Gasteiger partial charge in [0.1, 0.15) is 12.3 Å². The molecule has 1 heterocycles. The lowest BCUT2D eigenvalue weighted by atomic mass is 9.98. The van der Waals surface area contributed by atoms with Crippen LogP contribution in [0.25, 0.3) is 10.4 Å². The van der Waals surface area contributed by atoms with Crippen LogP contribution >= 0.6 is 11.6 Å². The van der Waals surface area contributed by atoms with Gasteiger partial charge in [-0.2, -0.15) is 5.10 Å². The van der Waals surface area contributed by atoms with Crippen LogP contribution in [0.4, 0.5) is 0 Å². The first-order valence-electron chi connectivity index (χ1n) is 7.54. The van der Waals surface area contributed by atoms with Gasteiger partial charge in [0.25, 0.3) is 0 Å². The maximum absolute atomic E-state index is 12.4. The van der Waals surface area contributed by atoms with E-state index in [0.717, 1.165) is 5.56 Å². The second kappa shape index (κ2) is 7.25. The number of nitrogens with zero attached hydrogens (tertiary/aromatic N) is 5. The molecule has 3 rings (SSSR count). The highest BCUT2D eigenvalue weighted by atomic mass is 35.5. The monoisotopic (exact) mass is 355 g/mol. The van der Waals surface area contributed by atoms with E-state index in [9.17, 15) is 9.90 Å². The van der Waals surface area contributed by atoms with E-state index in [-0.39, 0.29) is 12.3 Å². The summed E-state index contributed by atoms with van der Waals surface area (Å²) in [5, 5.41) is 19.7. The van der Waals surface area contributed by atoms with Crippen molar-refractivity contribution < 1.29 is 9.90 Å². The maximum atomic E-state index is 12.4. The zero-order chi connectivity index (χ0) is 17.8. The van der Waals surface area contributed by atoms with Gasteiger partial charge in [0.15, 0.2) is 0 Å². The van der Waals surface area contributed by atoms with Crippen LogP contribution in [0.15, 0.2) is 58.7 Å². The highest BCUT2D eigenvalue weighted by Gasteiger charge is 2.34. The van der Waals surface area contributed by atoms with Crippen molar-refractivity contribution in [1.82, 2.24) is 5.01 Å². The van der Waals surface area contributed by atoms with Gasteiger partial charge in [0.2, 0.25) is 5.91 Å². The lowest BCUT2D eigenvalue weighted by Crippen LogP contribution is -2.28. The number of phenols is 1. The fraction of sp³-hybridized carbons (Fsp3) is 0.176. The zero-order valence-electron chi connectivity index (χ0n) is 13.1. The van der Waals surface area contributed by atoms with Gasteiger partial charge < -0.3 is 5.11 Å². The van der Waals surface area contributed by atoms with Gasteiger partial charge in [-0.3, -0.25) is 4.79 Å². The highest BCUT2D eigenvalue weighted by molar-refractivity contribution is 6.30. The molecule has 1 atom stereocenters. The Hall–Kier alpha value is -3.02. The van der Waals surface area contributed by atoms with Crippen molar-refractivity contribution in [1.29, 1.82) is 0 Å². The molecule has 1 amide bonds. The molecule has 1 N–H and O–H groups in total. The Bertz CT molecular complexity index is 875. The van der Waals surface area contributed by atoms with Crippen LogP contribution in [0.2, 0.25) is 5.02 Å². The quantitative estimate of drug-likeness (QED) is 0.508. The van der Waals surface area contributed by atoms with Crippen LogP contribution in [0, 0.1) is 0 Å². The summed E-state index contributed by atoms with van der Waals surface area (Å²) in [4.78, 5) is 15.0. The third-order valence-corrected chi connectivity index (χ3v) is 4.16. The van der Waals surface area contributed by atoms with Crippen molar-refractivity contribution in [2.75, 3.05) is 6.54 Å². The molecule has 0 radical (unpaired) electrons. The zero-order valence-corrected chi connectivity index (χ0v) is 13.8. The van der Waals surface area contributed by atoms with Crippen molar-refractivity contribution in [3.05, 3.63) is 75.1 Å². The predicted molar refractivity (Wildman–Crippen MR) is 94.3 cm³/mol. The minimum Gasteiger partial charge on any atom is -0.508 e. The maximum Gasteiger partial charge on any atom is 0.249 e. The summed E-state index contributed by atoms with van der Waals surface area (Å²) in [7, 11) is 0. The largest absolute Gasteiger partial charge is 0.508 e. The van der Waals surface area contributed by atoms with Crippen molar-refractivity contribution in [2.45, 2.75) is 12.5 Å². The summed E-state index contributed by atoms with van der Waals surface area (Å²) in [6.07, 6.45) is 0.432. The van der Waals surface area contributed by atoms with Gasteiger partial charge in [0, 0.05) is 21.9 Å². The van der Waals surface area contributed by atoms with Gasteiger partial charge in [-0.05, 0) is 29.3 Å². The fourth-order valence-corrected chi connectivity index (χ4v) is 2.86. The third kappa shape index (κ3) is 3.57. The summed E-state index contributed by atoms with van der Waals surface area (Å²) >= 11 is 5.92. The number of rotatable bonds is 4. The number of halogens is 1. The first-order valence-corrected chi connectivity index (χ1v) is 7.92. The Morgan fingerprint density at radius 2 is 2.04 bits per heavy atom. The summed E-state index contributed by atoms with van der Waals surface area (Å²) < 4.78 is 0. The number of para-hydroxylation sites is 1. The number of carbonyl (C=O) groups is 1. The summed E-state index contributed by atoms with van der Waals surface area (Å²) in [6, 6.07) is 13.5. The van der Waals surface area contributed by atoms with Crippen LogP contribution < -0.4 is 0 Å². The Labute approximate surface area is 148 Å². The van der Waals surface area contributed by atoms with Crippen LogP contribution in [0.3, 0.4) is 0 Å². The molecule has 8 heteroatoms. The highest BCUT2D eigenvalue weighted by Crippen LogP contribution is 2.37. The molecule has 0 saturated heterocycles. The molecule has 0 spiro atoms. The van der Waals surface area contributed by atoms with Crippen molar-refractivity contribution in [3.8, 4) is 5.75 Å². The van der Waals surface area contributed by atoms with Gasteiger partial charge in [-0.15, -0.1) is 0 Å². The van der Waals surface area contributed by atoms with E-state index in [1.807, 2.05) is 12.1 Å². The number of carbonyl (C=O) groups excluding carboxylic acids is 1. The number of azide groups is 1. The molecule has 2 aromatic rings. The summed E-state index contributed by atoms with van der Waals surface area (Å²) in [6.45, 7) is -0.335. The second-order valence-corrected chi connectivity index (χ2v) is 5.90. The number of hydrogen-bond donors (Lipinski definition) is 1. The molecule has 126 valence electrons. The van der Waals surface area contributed by atoms with E-state index in [0.29, 0.717) is 22.7 Å². The average Bonchev–Trinajstić information content (AvgIpc) is 3.06. The molecule has 2 aromatic carbocycles. The van der Waals surface area contributed by atoms with E-state index >= 15 is 0 Å². The van der Waals surface area contributed by atoms with Crippen LogP contribution in [-0.4, -0.2) is 28.3 Å². The molecule has 7 nitrogen and oxygen atoms in total. The fourth-order valence-electron chi connectivity index (χ4n) is 2.73. The number of benzene rings is 2. The normalized spacial score (nSPS) is 16.3. The van der Waals surface area contributed by atoms with Crippen LogP contribution in [-0.2, 0) is 4.79 Å². The smallest absolute Gasteiger partial charge is 0.249 e. The molecule has 0 bridgehead atoms. The van der Waals surface area contributed by atoms with Gasteiger partial charge in [-0.25, -0.2) is 5.01 Å². The Balaban J connectivity index is 1.97. The molecular weight excluding hydrogens is 342 g/mol.